The Bertz CT molecular complexity index is 487. The van der Waals surface area contributed by atoms with Gasteiger partial charge in [-0.3, -0.25) is 4.79 Å². The predicted molar refractivity (Wildman–Crippen MR) is 79.0 cm³/mol. The Morgan fingerprint density at radius 1 is 1.30 bits per heavy atom. The molecule has 2 aliphatic rings. The highest BCUT2D eigenvalue weighted by molar-refractivity contribution is 7.92. The van der Waals surface area contributed by atoms with Gasteiger partial charge in [-0.25, -0.2) is 8.42 Å². The number of sulfone groups is 1. The summed E-state index contributed by atoms with van der Waals surface area (Å²) in [5, 5.41) is 2.60. The number of likely N-dealkylation sites (N-methyl/N-ethyl adjacent to an activating group) is 1. The number of allylic oxidation sites excluding steroid dienone is 1. The average Bonchev–Trinajstić information content (AvgIpc) is 2.53. The minimum atomic E-state index is -3.06. The number of likely N-dealkylation sites (tertiary alicyclic amines) is 1. The van der Waals surface area contributed by atoms with Crippen molar-refractivity contribution >= 4 is 15.7 Å². The molecule has 2 aliphatic heterocycles. The van der Waals surface area contributed by atoms with Crippen LogP contribution in [0.4, 0.5) is 0 Å². The summed E-state index contributed by atoms with van der Waals surface area (Å²) in [6.07, 6.45) is 4.77. The molecule has 2 saturated heterocycles. The standard InChI is InChI=1S/C14H24N2O3S/c1-11-6-5-8-13(15-2)14(17)16(11)10-12-7-3-4-9-20(12,18)19/h12-13,15H,1,3-10H2,2H3. The first-order valence-corrected chi connectivity index (χ1v) is 9.05. The Kier molecular flexibility index (Phi) is 4.86. The molecule has 0 spiro atoms. The van der Waals surface area contributed by atoms with E-state index in [0.29, 0.717) is 6.42 Å². The number of carbonyl (C=O) groups excluding carboxylic acids is 1. The summed E-state index contributed by atoms with van der Waals surface area (Å²) in [5.41, 5.74) is 0.758. The Balaban J connectivity index is 2.16. The van der Waals surface area contributed by atoms with Crippen LogP contribution < -0.4 is 5.32 Å². The second-order valence-electron chi connectivity index (χ2n) is 5.73. The summed E-state index contributed by atoms with van der Waals surface area (Å²) in [4.78, 5) is 14.1. The SMILES string of the molecule is C=C1CCCC(NC)C(=O)N1CC1CCCCS1(=O)=O. The van der Waals surface area contributed by atoms with Crippen LogP contribution >= 0.6 is 0 Å². The van der Waals surface area contributed by atoms with Crippen LogP contribution in [0.25, 0.3) is 0 Å². The highest BCUT2D eigenvalue weighted by Gasteiger charge is 2.35. The first-order chi connectivity index (χ1) is 9.45. The van der Waals surface area contributed by atoms with Crippen LogP contribution in [-0.2, 0) is 14.6 Å². The zero-order valence-corrected chi connectivity index (χ0v) is 12.9. The maximum Gasteiger partial charge on any atom is 0.243 e. The lowest BCUT2D eigenvalue weighted by molar-refractivity contribution is -0.131. The molecule has 2 unspecified atom stereocenters. The van der Waals surface area contributed by atoms with Crippen molar-refractivity contribution in [1.29, 1.82) is 0 Å². The van der Waals surface area contributed by atoms with Gasteiger partial charge in [-0.05, 0) is 39.2 Å². The molecule has 114 valence electrons. The first-order valence-electron chi connectivity index (χ1n) is 7.33. The lowest BCUT2D eigenvalue weighted by atomic mass is 10.1. The van der Waals surface area contributed by atoms with Gasteiger partial charge in [-0.1, -0.05) is 13.0 Å². The third-order valence-corrected chi connectivity index (χ3v) is 6.61. The summed E-state index contributed by atoms with van der Waals surface area (Å²) in [5.74, 6) is 0.220. The summed E-state index contributed by atoms with van der Waals surface area (Å²) in [7, 11) is -1.29. The van der Waals surface area contributed by atoms with Gasteiger partial charge in [-0.2, -0.15) is 0 Å². The van der Waals surface area contributed by atoms with Crippen molar-refractivity contribution < 1.29 is 13.2 Å². The molecule has 0 radical (unpaired) electrons. The van der Waals surface area contributed by atoms with E-state index in [4.69, 9.17) is 0 Å². The summed E-state index contributed by atoms with van der Waals surface area (Å²) in [6, 6.07) is -0.222. The van der Waals surface area contributed by atoms with E-state index in [-0.39, 0.29) is 24.2 Å². The second-order valence-corrected chi connectivity index (χ2v) is 8.13. The number of nitrogens with zero attached hydrogens (tertiary/aromatic N) is 1. The predicted octanol–water partition coefficient (Wildman–Crippen LogP) is 1.07. The van der Waals surface area contributed by atoms with Crippen molar-refractivity contribution in [3.8, 4) is 0 Å². The summed E-state index contributed by atoms with van der Waals surface area (Å²) >= 11 is 0. The van der Waals surface area contributed by atoms with Gasteiger partial charge < -0.3 is 10.2 Å². The lowest BCUT2D eigenvalue weighted by Crippen LogP contribution is -2.47. The van der Waals surface area contributed by atoms with Crippen molar-refractivity contribution in [1.82, 2.24) is 10.2 Å². The maximum absolute atomic E-state index is 12.5. The van der Waals surface area contributed by atoms with Crippen LogP contribution in [0.3, 0.4) is 0 Å². The Morgan fingerprint density at radius 2 is 2.05 bits per heavy atom. The van der Waals surface area contributed by atoms with Crippen molar-refractivity contribution in [2.24, 2.45) is 0 Å². The summed E-state index contributed by atoms with van der Waals surface area (Å²) in [6.45, 7) is 4.25. The van der Waals surface area contributed by atoms with Crippen LogP contribution in [-0.4, -0.2) is 49.9 Å². The minimum absolute atomic E-state index is 0.0317. The van der Waals surface area contributed by atoms with Crippen LogP contribution in [0, 0.1) is 0 Å². The van der Waals surface area contributed by atoms with Gasteiger partial charge >= 0.3 is 0 Å². The van der Waals surface area contributed by atoms with E-state index in [1.165, 1.54) is 0 Å². The maximum atomic E-state index is 12.5. The molecule has 1 amide bonds. The highest BCUT2D eigenvalue weighted by Crippen LogP contribution is 2.25. The van der Waals surface area contributed by atoms with E-state index in [1.807, 2.05) is 0 Å². The van der Waals surface area contributed by atoms with E-state index in [1.54, 1.807) is 11.9 Å². The van der Waals surface area contributed by atoms with Gasteiger partial charge in [0.2, 0.25) is 5.91 Å². The molecule has 2 rings (SSSR count). The third-order valence-electron chi connectivity index (χ3n) is 4.35. The average molecular weight is 300 g/mol. The Morgan fingerprint density at radius 3 is 2.70 bits per heavy atom. The molecule has 0 aliphatic carbocycles. The second kappa shape index (κ2) is 6.26. The number of hydrogen-bond acceptors (Lipinski definition) is 4. The van der Waals surface area contributed by atoms with Crippen molar-refractivity contribution in [3.05, 3.63) is 12.3 Å². The van der Waals surface area contributed by atoms with E-state index in [0.717, 1.165) is 37.8 Å². The molecule has 0 saturated carbocycles. The van der Waals surface area contributed by atoms with Crippen molar-refractivity contribution in [3.63, 3.8) is 0 Å². The largest absolute Gasteiger partial charge is 0.314 e. The van der Waals surface area contributed by atoms with E-state index < -0.39 is 15.1 Å². The van der Waals surface area contributed by atoms with E-state index in [2.05, 4.69) is 11.9 Å². The third kappa shape index (κ3) is 3.23. The fourth-order valence-electron chi connectivity index (χ4n) is 3.03. The van der Waals surface area contributed by atoms with Gasteiger partial charge in [0, 0.05) is 12.2 Å². The number of carbonyl (C=O) groups is 1. The summed E-state index contributed by atoms with van der Waals surface area (Å²) < 4.78 is 24.2. The molecule has 6 heteroatoms. The fraction of sp³-hybridized carbons (Fsp3) is 0.786. The van der Waals surface area contributed by atoms with Crippen LogP contribution in [0.5, 0.6) is 0 Å². The van der Waals surface area contributed by atoms with Gasteiger partial charge in [0.1, 0.15) is 0 Å². The van der Waals surface area contributed by atoms with Crippen molar-refractivity contribution in [2.45, 2.75) is 49.8 Å². The molecular formula is C14H24N2O3S. The molecule has 0 aromatic carbocycles. The molecule has 1 N–H and O–H groups in total. The zero-order valence-electron chi connectivity index (χ0n) is 12.1. The molecule has 2 fully saturated rings. The Labute approximate surface area is 121 Å². The highest BCUT2D eigenvalue weighted by atomic mass is 32.2. The molecule has 2 atom stereocenters. The number of nitrogens with one attached hydrogen (secondary N) is 1. The lowest BCUT2D eigenvalue weighted by Gasteiger charge is -2.31. The normalized spacial score (nSPS) is 31.1. The van der Waals surface area contributed by atoms with E-state index >= 15 is 0 Å². The topological polar surface area (TPSA) is 66.5 Å². The Hall–Kier alpha value is -0.880. The molecule has 0 bridgehead atoms. The molecule has 5 nitrogen and oxygen atoms in total. The van der Waals surface area contributed by atoms with Crippen LogP contribution in [0.2, 0.25) is 0 Å². The van der Waals surface area contributed by atoms with Gasteiger partial charge in [0.25, 0.3) is 0 Å². The molecule has 2 heterocycles. The smallest absolute Gasteiger partial charge is 0.243 e. The number of rotatable bonds is 3. The zero-order chi connectivity index (χ0) is 14.8. The van der Waals surface area contributed by atoms with Crippen LogP contribution in [0.15, 0.2) is 12.3 Å². The van der Waals surface area contributed by atoms with E-state index in [9.17, 15) is 13.2 Å². The van der Waals surface area contributed by atoms with Gasteiger partial charge in [0.15, 0.2) is 9.84 Å². The van der Waals surface area contributed by atoms with Crippen molar-refractivity contribution in [2.75, 3.05) is 19.3 Å². The molecular weight excluding hydrogens is 276 g/mol. The quantitative estimate of drug-likeness (QED) is 0.846. The molecule has 0 aromatic heterocycles. The number of hydrogen-bond donors (Lipinski definition) is 1. The minimum Gasteiger partial charge on any atom is -0.314 e. The van der Waals surface area contributed by atoms with Crippen LogP contribution in [0.1, 0.15) is 38.5 Å². The van der Waals surface area contributed by atoms with Gasteiger partial charge in [-0.15, -0.1) is 0 Å². The number of amides is 1. The monoisotopic (exact) mass is 300 g/mol. The molecule has 0 aromatic rings. The van der Waals surface area contributed by atoms with Gasteiger partial charge in [0.05, 0.1) is 17.0 Å². The first kappa shape index (κ1) is 15.5. The molecule has 20 heavy (non-hydrogen) atoms. The fourth-order valence-corrected chi connectivity index (χ4v) is 4.87.